The summed E-state index contributed by atoms with van der Waals surface area (Å²) >= 11 is 7.43. The fraction of sp³-hybridized carbons (Fsp3) is 0.333. The number of nitrogens with zero attached hydrogens (tertiary/aromatic N) is 1. The number of aliphatic carboxylic acids is 1. The van der Waals surface area contributed by atoms with Crippen LogP contribution in [-0.2, 0) is 16.0 Å². The molecular weight excluding hydrogens is 346 g/mol. The summed E-state index contributed by atoms with van der Waals surface area (Å²) < 4.78 is 0. The highest BCUT2D eigenvalue weighted by molar-refractivity contribution is 7.10. The number of hydrogen-bond acceptors (Lipinski definition) is 3. The van der Waals surface area contributed by atoms with Gasteiger partial charge in [-0.1, -0.05) is 41.9 Å². The number of carboxylic acid groups (broad SMARTS) is 1. The van der Waals surface area contributed by atoms with Crippen molar-refractivity contribution in [1.82, 2.24) is 4.90 Å². The highest BCUT2D eigenvalue weighted by Crippen LogP contribution is 2.33. The van der Waals surface area contributed by atoms with Crippen LogP contribution in [0.25, 0.3) is 0 Å². The predicted octanol–water partition coefficient (Wildman–Crippen LogP) is 3.66. The topological polar surface area (TPSA) is 57.6 Å². The number of amides is 1. The average molecular weight is 364 g/mol. The molecule has 1 aromatic carbocycles. The first-order valence-corrected chi connectivity index (χ1v) is 9.09. The molecule has 24 heavy (non-hydrogen) atoms. The molecule has 126 valence electrons. The minimum Gasteiger partial charge on any atom is -0.481 e. The largest absolute Gasteiger partial charge is 0.481 e. The molecule has 2 aromatic rings. The Balaban J connectivity index is 1.66. The number of carbonyl (C=O) groups excluding carboxylic acids is 1. The summed E-state index contributed by atoms with van der Waals surface area (Å²) in [5.74, 6) is -1.54. The van der Waals surface area contributed by atoms with Crippen LogP contribution in [0.1, 0.15) is 22.8 Å². The first kappa shape index (κ1) is 17.0. The van der Waals surface area contributed by atoms with Gasteiger partial charge in [0.05, 0.1) is 10.9 Å². The van der Waals surface area contributed by atoms with Crippen molar-refractivity contribution in [3.8, 4) is 0 Å². The molecule has 0 saturated carbocycles. The van der Waals surface area contributed by atoms with Crippen LogP contribution in [0.15, 0.2) is 41.8 Å². The second-order valence-corrected chi connectivity index (χ2v) is 7.42. The van der Waals surface area contributed by atoms with Gasteiger partial charge >= 0.3 is 5.97 Å². The minimum atomic E-state index is -0.843. The summed E-state index contributed by atoms with van der Waals surface area (Å²) in [6.07, 6.45) is 1.02. The van der Waals surface area contributed by atoms with E-state index in [2.05, 4.69) is 0 Å². The molecule has 1 saturated heterocycles. The van der Waals surface area contributed by atoms with E-state index in [4.69, 9.17) is 11.6 Å². The zero-order valence-electron chi connectivity index (χ0n) is 13.0. The third-order valence-electron chi connectivity index (χ3n) is 4.42. The number of hydrogen-bond donors (Lipinski definition) is 1. The van der Waals surface area contributed by atoms with Gasteiger partial charge in [0.15, 0.2) is 0 Å². The molecule has 1 aliphatic heterocycles. The van der Waals surface area contributed by atoms with Crippen LogP contribution < -0.4 is 0 Å². The van der Waals surface area contributed by atoms with Crippen molar-refractivity contribution in [2.75, 3.05) is 13.1 Å². The normalized spacial score (nSPS) is 20.3. The van der Waals surface area contributed by atoms with E-state index in [1.54, 1.807) is 16.2 Å². The number of benzene rings is 1. The molecule has 2 atom stereocenters. The highest BCUT2D eigenvalue weighted by atomic mass is 35.5. The van der Waals surface area contributed by atoms with Crippen molar-refractivity contribution >= 4 is 34.8 Å². The van der Waals surface area contributed by atoms with Gasteiger partial charge in [0.2, 0.25) is 5.91 Å². The molecule has 3 rings (SSSR count). The average Bonchev–Trinajstić information content (AvgIpc) is 3.20. The van der Waals surface area contributed by atoms with Gasteiger partial charge in [0.1, 0.15) is 0 Å². The number of carbonyl (C=O) groups is 2. The van der Waals surface area contributed by atoms with Crippen molar-refractivity contribution in [2.24, 2.45) is 5.92 Å². The number of halogens is 1. The second-order valence-electron chi connectivity index (χ2n) is 5.99. The van der Waals surface area contributed by atoms with Crippen molar-refractivity contribution in [2.45, 2.75) is 18.8 Å². The zero-order chi connectivity index (χ0) is 17.1. The van der Waals surface area contributed by atoms with Gasteiger partial charge in [-0.05, 0) is 18.1 Å². The van der Waals surface area contributed by atoms with Crippen LogP contribution >= 0.6 is 22.9 Å². The maximum absolute atomic E-state index is 12.5. The van der Waals surface area contributed by atoms with Gasteiger partial charge in [0.25, 0.3) is 0 Å². The van der Waals surface area contributed by atoms with Crippen LogP contribution in [0.5, 0.6) is 0 Å². The molecule has 0 bridgehead atoms. The summed E-state index contributed by atoms with van der Waals surface area (Å²) in [5, 5.41) is 12.0. The van der Waals surface area contributed by atoms with E-state index >= 15 is 0 Å². The van der Waals surface area contributed by atoms with Gasteiger partial charge in [-0.2, -0.15) is 0 Å². The molecule has 0 aliphatic carbocycles. The van der Waals surface area contributed by atoms with Gasteiger partial charge in [-0.15, -0.1) is 11.3 Å². The second kappa shape index (κ2) is 7.36. The zero-order valence-corrected chi connectivity index (χ0v) is 14.6. The van der Waals surface area contributed by atoms with Crippen LogP contribution in [-0.4, -0.2) is 35.0 Å². The Morgan fingerprint density at radius 3 is 2.62 bits per heavy atom. The molecule has 4 nitrogen and oxygen atoms in total. The fourth-order valence-corrected chi connectivity index (χ4v) is 4.25. The summed E-state index contributed by atoms with van der Waals surface area (Å²) in [6, 6.07) is 11.4. The van der Waals surface area contributed by atoms with Crippen molar-refractivity contribution in [3.05, 3.63) is 57.2 Å². The third-order valence-corrected chi connectivity index (χ3v) is 5.77. The number of likely N-dealkylation sites (tertiary alicyclic amines) is 1. The number of rotatable bonds is 5. The maximum atomic E-state index is 12.5. The summed E-state index contributed by atoms with van der Waals surface area (Å²) in [4.78, 5) is 26.8. The first-order chi connectivity index (χ1) is 11.5. The molecule has 1 aliphatic rings. The lowest BCUT2D eigenvalue weighted by atomic mass is 9.89. The predicted molar refractivity (Wildman–Crippen MR) is 94.5 cm³/mol. The van der Waals surface area contributed by atoms with E-state index in [1.807, 2.05) is 41.8 Å². The molecule has 0 unspecified atom stereocenters. The monoisotopic (exact) mass is 363 g/mol. The molecule has 2 heterocycles. The maximum Gasteiger partial charge on any atom is 0.308 e. The van der Waals surface area contributed by atoms with Crippen molar-refractivity contribution in [3.63, 3.8) is 0 Å². The van der Waals surface area contributed by atoms with Crippen LogP contribution in [0.3, 0.4) is 0 Å². The molecule has 1 fully saturated rings. The smallest absolute Gasteiger partial charge is 0.308 e. The van der Waals surface area contributed by atoms with E-state index in [9.17, 15) is 14.7 Å². The highest BCUT2D eigenvalue weighted by Gasteiger charge is 2.40. The summed E-state index contributed by atoms with van der Waals surface area (Å²) in [7, 11) is 0. The number of aryl methyl sites for hydroxylation is 1. The molecule has 1 N–H and O–H groups in total. The molecular formula is C18H18ClNO3S. The Kier molecular flexibility index (Phi) is 5.21. The fourth-order valence-electron chi connectivity index (χ4n) is 3.17. The Morgan fingerprint density at radius 1 is 1.25 bits per heavy atom. The third kappa shape index (κ3) is 3.79. The van der Waals surface area contributed by atoms with Crippen LogP contribution in [0, 0.1) is 5.92 Å². The van der Waals surface area contributed by atoms with E-state index < -0.39 is 11.9 Å². The standard InChI is InChI=1S/C18H18ClNO3S/c19-13-8-14(24-11-13)6-7-17(21)20-9-15(16(10-20)18(22)23)12-4-2-1-3-5-12/h1-5,8,11,15-16H,6-7,9-10H2,(H,22,23)/t15-,16-/m1/s1. The molecule has 0 radical (unpaired) electrons. The molecule has 1 amide bonds. The lowest BCUT2D eigenvalue weighted by Gasteiger charge is -2.16. The van der Waals surface area contributed by atoms with E-state index in [0.717, 1.165) is 10.4 Å². The Hall–Kier alpha value is -1.85. The van der Waals surface area contributed by atoms with Gasteiger partial charge in [-0.3, -0.25) is 9.59 Å². The first-order valence-electron chi connectivity index (χ1n) is 7.83. The Labute approximate surface area is 149 Å². The van der Waals surface area contributed by atoms with Crippen LogP contribution in [0.2, 0.25) is 5.02 Å². The Bertz CT molecular complexity index is 731. The quantitative estimate of drug-likeness (QED) is 0.881. The van der Waals surface area contributed by atoms with Crippen molar-refractivity contribution < 1.29 is 14.7 Å². The lowest BCUT2D eigenvalue weighted by Crippen LogP contribution is -2.30. The summed E-state index contributed by atoms with van der Waals surface area (Å²) in [6.45, 7) is 0.740. The minimum absolute atomic E-state index is 0.00389. The SMILES string of the molecule is O=C(O)[C@@H]1CN(C(=O)CCc2cc(Cl)cs2)C[C@@H]1c1ccccc1. The molecule has 6 heteroatoms. The van der Waals surface area contributed by atoms with Gasteiger partial charge < -0.3 is 10.0 Å². The molecule has 0 spiro atoms. The van der Waals surface area contributed by atoms with E-state index in [1.165, 1.54) is 0 Å². The summed E-state index contributed by atoms with van der Waals surface area (Å²) in [5.41, 5.74) is 0.977. The van der Waals surface area contributed by atoms with E-state index in [0.29, 0.717) is 24.4 Å². The Morgan fingerprint density at radius 2 is 2.00 bits per heavy atom. The van der Waals surface area contributed by atoms with E-state index in [-0.39, 0.29) is 18.4 Å². The van der Waals surface area contributed by atoms with Gasteiger partial charge in [0, 0.05) is 35.7 Å². The molecule has 1 aromatic heterocycles. The van der Waals surface area contributed by atoms with Gasteiger partial charge in [-0.25, -0.2) is 0 Å². The number of thiophene rings is 1. The van der Waals surface area contributed by atoms with Crippen LogP contribution in [0.4, 0.5) is 0 Å². The lowest BCUT2D eigenvalue weighted by molar-refractivity contribution is -0.141. The number of carboxylic acids is 1. The van der Waals surface area contributed by atoms with Crippen molar-refractivity contribution in [1.29, 1.82) is 0 Å².